The van der Waals surface area contributed by atoms with E-state index in [9.17, 15) is 0 Å². The summed E-state index contributed by atoms with van der Waals surface area (Å²) in [4.78, 5) is 14.3. The number of nitrogens with two attached hydrogens (primary N) is 1. The van der Waals surface area contributed by atoms with Crippen LogP contribution in [0.2, 0.25) is 0 Å². The molecule has 0 aliphatic heterocycles. The number of rotatable bonds is 4. The van der Waals surface area contributed by atoms with E-state index in [1.807, 2.05) is 44.2 Å². The molecule has 0 fully saturated rings. The molecule has 8 heteroatoms. The highest BCUT2D eigenvalue weighted by molar-refractivity contribution is 7.15. The van der Waals surface area contributed by atoms with Gasteiger partial charge in [-0.05, 0) is 38.1 Å². The monoisotopic (exact) mass is 339 g/mol. The Labute approximate surface area is 143 Å². The molecule has 3 aromatic rings. The SMILES string of the molecule is Cc1nc(C)c(-c2ccnc(Nc3cccc(NC(=N)N)c3)n2)s1. The van der Waals surface area contributed by atoms with Crippen molar-refractivity contribution >= 4 is 34.6 Å². The second kappa shape index (κ2) is 6.63. The predicted molar refractivity (Wildman–Crippen MR) is 97.9 cm³/mol. The fourth-order valence-corrected chi connectivity index (χ4v) is 3.16. The molecule has 2 heterocycles. The first kappa shape index (κ1) is 15.9. The fraction of sp³-hybridized carbons (Fsp3) is 0.125. The van der Waals surface area contributed by atoms with Gasteiger partial charge in [0.05, 0.1) is 21.3 Å². The van der Waals surface area contributed by atoms with Gasteiger partial charge in [-0.1, -0.05) is 6.07 Å². The first-order valence-electron chi connectivity index (χ1n) is 7.27. The van der Waals surface area contributed by atoms with Crippen LogP contribution in [0.3, 0.4) is 0 Å². The molecule has 0 saturated carbocycles. The third-order valence-corrected chi connectivity index (χ3v) is 4.28. The van der Waals surface area contributed by atoms with Crippen molar-refractivity contribution in [3.63, 3.8) is 0 Å². The topological polar surface area (TPSA) is 113 Å². The van der Waals surface area contributed by atoms with Crippen molar-refractivity contribution in [1.29, 1.82) is 5.41 Å². The van der Waals surface area contributed by atoms with Gasteiger partial charge in [-0.25, -0.2) is 15.0 Å². The summed E-state index contributed by atoms with van der Waals surface area (Å²) in [5, 5.41) is 14.2. The number of aryl methyl sites for hydroxylation is 2. The summed E-state index contributed by atoms with van der Waals surface area (Å²) in [5.74, 6) is 0.388. The maximum Gasteiger partial charge on any atom is 0.227 e. The second-order valence-corrected chi connectivity index (χ2v) is 6.36. The molecule has 2 aromatic heterocycles. The van der Waals surface area contributed by atoms with Crippen molar-refractivity contribution in [2.75, 3.05) is 10.6 Å². The van der Waals surface area contributed by atoms with Crippen molar-refractivity contribution in [3.8, 4) is 10.6 Å². The van der Waals surface area contributed by atoms with Gasteiger partial charge < -0.3 is 16.4 Å². The number of nitrogens with one attached hydrogen (secondary N) is 3. The second-order valence-electron chi connectivity index (χ2n) is 5.16. The number of aromatic nitrogens is 3. The van der Waals surface area contributed by atoms with E-state index in [4.69, 9.17) is 11.1 Å². The van der Waals surface area contributed by atoms with Crippen molar-refractivity contribution < 1.29 is 0 Å². The van der Waals surface area contributed by atoms with E-state index in [1.165, 1.54) is 0 Å². The lowest BCUT2D eigenvalue weighted by atomic mass is 10.2. The Kier molecular flexibility index (Phi) is 4.39. The average Bonchev–Trinajstić information content (AvgIpc) is 2.86. The minimum Gasteiger partial charge on any atom is -0.370 e. The van der Waals surface area contributed by atoms with Crippen LogP contribution in [0.5, 0.6) is 0 Å². The van der Waals surface area contributed by atoms with Gasteiger partial charge in [-0.3, -0.25) is 5.41 Å². The van der Waals surface area contributed by atoms with Crippen molar-refractivity contribution in [1.82, 2.24) is 15.0 Å². The fourth-order valence-electron chi connectivity index (χ4n) is 2.27. The minimum absolute atomic E-state index is 0.110. The van der Waals surface area contributed by atoms with Crippen LogP contribution in [-0.4, -0.2) is 20.9 Å². The van der Waals surface area contributed by atoms with Gasteiger partial charge >= 0.3 is 0 Å². The molecule has 0 unspecified atom stereocenters. The zero-order chi connectivity index (χ0) is 17.1. The number of nitrogens with zero attached hydrogens (tertiary/aromatic N) is 3. The van der Waals surface area contributed by atoms with Gasteiger partial charge in [-0.2, -0.15) is 0 Å². The first-order valence-corrected chi connectivity index (χ1v) is 8.08. The van der Waals surface area contributed by atoms with Crippen LogP contribution in [-0.2, 0) is 0 Å². The maximum atomic E-state index is 7.29. The zero-order valence-electron chi connectivity index (χ0n) is 13.3. The van der Waals surface area contributed by atoms with Crippen LogP contribution in [0, 0.1) is 19.3 Å². The third kappa shape index (κ3) is 3.66. The van der Waals surface area contributed by atoms with Crippen LogP contribution >= 0.6 is 11.3 Å². The van der Waals surface area contributed by atoms with Crippen LogP contribution < -0.4 is 16.4 Å². The number of benzene rings is 1. The lowest BCUT2D eigenvalue weighted by molar-refractivity contribution is 1.16. The van der Waals surface area contributed by atoms with E-state index in [0.29, 0.717) is 5.95 Å². The number of thiazole rings is 1. The Morgan fingerprint density at radius 2 is 1.96 bits per heavy atom. The van der Waals surface area contributed by atoms with Crippen LogP contribution in [0.1, 0.15) is 10.7 Å². The molecule has 5 N–H and O–H groups in total. The van der Waals surface area contributed by atoms with E-state index >= 15 is 0 Å². The molecular formula is C16H17N7S. The standard InChI is InChI=1S/C16H17N7S/c1-9-14(24-10(2)20-9)13-6-7-19-16(23-13)22-12-5-3-4-11(8-12)21-15(17)18/h3-8H,1-2H3,(H4,17,18,21)(H,19,22,23). The smallest absolute Gasteiger partial charge is 0.227 e. The molecule has 3 rings (SSSR count). The lowest BCUT2D eigenvalue weighted by Gasteiger charge is -2.09. The normalized spacial score (nSPS) is 10.4. The highest BCUT2D eigenvalue weighted by Crippen LogP contribution is 2.28. The quantitative estimate of drug-likeness (QED) is 0.429. The van der Waals surface area contributed by atoms with E-state index < -0.39 is 0 Å². The number of hydrogen-bond acceptors (Lipinski definition) is 6. The lowest BCUT2D eigenvalue weighted by Crippen LogP contribution is -2.20. The summed E-state index contributed by atoms with van der Waals surface area (Å²) in [6.07, 6.45) is 1.72. The van der Waals surface area contributed by atoms with Crippen LogP contribution in [0.15, 0.2) is 36.5 Å². The third-order valence-electron chi connectivity index (χ3n) is 3.19. The number of guanidine groups is 1. The molecule has 122 valence electrons. The minimum atomic E-state index is -0.110. The Balaban J connectivity index is 1.85. The van der Waals surface area contributed by atoms with Crippen LogP contribution in [0.4, 0.5) is 17.3 Å². The van der Waals surface area contributed by atoms with Gasteiger partial charge in [0.2, 0.25) is 5.95 Å². The highest BCUT2D eigenvalue weighted by atomic mass is 32.1. The van der Waals surface area contributed by atoms with Gasteiger partial charge in [0.1, 0.15) is 0 Å². The predicted octanol–water partition coefficient (Wildman–Crippen LogP) is 3.27. The summed E-state index contributed by atoms with van der Waals surface area (Å²) in [6, 6.07) is 9.28. The summed E-state index contributed by atoms with van der Waals surface area (Å²) in [6.45, 7) is 3.96. The van der Waals surface area contributed by atoms with Gasteiger partial charge in [0.15, 0.2) is 5.96 Å². The maximum absolute atomic E-state index is 7.29. The van der Waals surface area contributed by atoms with E-state index in [-0.39, 0.29) is 5.96 Å². The molecule has 24 heavy (non-hydrogen) atoms. The molecule has 0 saturated heterocycles. The molecular weight excluding hydrogens is 322 g/mol. The molecule has 0 aliphatic carbocycles. The average molecular weight is 339 g/mol. The number of hydrogen-bond donors (Lipinski definition) is 4. The largest absolute Gasteiger partial charge is 0.370 e. The van der Waals surface area contributed by atoms with E-state index in [2.05, 4.69) is 25.6 Å². The molecule has 1 aromatic carbocycles. The van der Waals surface area contributed by atoms with E-state index in [0.717, 1.165) is 32.6 Å². The highest BCUT2D eigenvalue weighted by Gasteiger charge is 2.10. The van der Waals surface area contributed by atoms with Crippen molar-refractivity contribution in [2.24, 2.45) is 5.73 Å². The van der Waals surface area contributed by atoms with Crippen molar-refractivity contribution in [2.45, 2.75) is 13.8 Å². The molecule has 0 atom stereocenters. The molecule has 0 spiro atoms. The van der Waals surface area contributed by atoms with Crippen molar-refractivity contribution in [3.05, 3.63) is 47.2 Å². The van der Waals surface area contributed by atoms with Gasteiger partial charge in [0, 0.05) is 17.6 Å². The summed E-state index contributed by atoms with van der Waals surface area (Å²) >= 11 is 1.62. The Bertz CT molecular complexity index is 888. The molecule has 0 amide bonds. The first-order chi connectivity index (χ1) is 11.5. The van der Waals surface area contributed by atoms with Gasteiger partial charge in [0.25, 0.3) is 0 Å². The molecule has 0 bridgehead atoms. The summed E-state index contributed by atoms with van der Waals surface area (Å²) in [7, 11) is 0. The number of anilines is 3. The summed E-state index contributed by atoms with van der Waals surface area (Å²) in [5.41, 5.74) is 8.68. The zero-order valence-corrected chi connectivity index (χ0v) is 14.1. The van der Waals surface area contributed by atoms with Gasteiger partial charge in [-0.15, -0.1) is 11.3 Å². The molecule has 0 aliphatic rings. The van der Waals surface area contributed by atoms with Crippen LogP contribution in [0.25, 0.3) is 10.6 Å². The van der Waals surface area contributed by atoms with E-state index in [1.54, 1.807) is 17.5 Å². The Hall–Kier alpha value is -3.00. The summed E-state index contributed by atoms with van der Waals surface area (Å²) < 4.78 is 0. The molecule has 0 radical (unpaired) electrons. The Morgan fingerprint density at radius 3 is 2.67 bits per heavy atom. The molecule has 7 nitrogen and oxygen atoms in total. The Morgan fingerprint density at radius 1 is 1.17 bits per heavy atom.